The lowest BCUT2D eigenvalue weighted by Gasteiger charge is -2.04. The summed E-state index contributed by atoms with van der Waals surface area (Å²) in [5.74, 6) is -0.413. The zero-order chi connectivity index (χ0) is 17.9. The SMILES string of the molecule is Cc1cccnc1-c1coc(NC(=O)c2ncnn2-c2cccnc2)n1. The smallest absolute Gasteiger partial charge is 0.302 e. The Hall–Kier alpha value is -3.88. The maximum absolute atomic E-state index is 12.5. The summed E-state index contributed by atoms with van der Waals surface area (Å²) >= 11 is 0. The molecule has 0 saturated carbocycles. The zero-order valence-corrected chi connectivity index (χ0v) is 13.7. The number of aryl methyl sites for hydroxylation is 1. The molecule has 4 rings (SSSR count). The molecule has 0 radical (unpaired) electrons. The van der Waals surface area contributed by atoms with Gasteiger partial charge in [0.05, 0.1) is 17.6 Å². The van der Waals surface area contributed by atoms with Crippen LogP contribution >= 0.6 is 0 Å². The summed E-state index contributed by atoms with van der Waals surface area (Å²) < 4.78 is 6.72. The third-order valence-electron chi connectivity index (χ3n) is 3.62. The Bertz CT molecular complexity index is 1060. The first-order valence-corrected chi connectivity index (χ1v) is 7.71. The molecule has 0 atom stereocenters. The maximum Gasteiger partial charge on any atom is 0.302 e. The fourth-order valence-electron chi connectivity index (χ4n) is 2.41. The summed E-state index contributed by atoms with van der Waals surface area (Å²) in [5, 5.41) is 6.63. The van der Waals surface area contributed by atoms with Crippen molar-refractivity contribution in [2.75, 3.05) is 5.32 Å². The molecule has 0 unspecified atom stereocenters. The summed E-state index contributed by atoms with van der Waals surface area (Å²) in [6.07, 6.45) is 7.62. The molecule has 0 saturated heterocycles. The van der Waals surface area contributed by atoms with Gasteiger partial charge in [0.2, 0.25) is 5.82 Å². The molecule has 4 heterocycles. The lowest BCUT2D eigenvalue weighted by atomic mass is 10.2. The van der Waals surface area contributed by atoms with Crippen molar-refractivity contribution in [3.05, 3.63) is 66.8 Å². The van der Waals surface area contributed by atoms with E-state index in [1.54, 1.807) is 30.7 Å². The normalized spacial score (nSPS) is 10.7. The predicted octanol–water partition coefficient (Wildman–Crippen LogP) is 2.27. The second-order valence-electron chi connectivity index (χ2n) is 5.37. The van der Waals surface area contributed by atoms with E-state index in [1.165, 1.54) is 17.3 Å². The van der Waals surface area contributed by atoms with Crippen LogP contribution in [0.2, 0.25) is 0 Å². The number of oxazole rings is 1. The Balaban J connectivity index is 1.57. The van der Waals surface area contributed by atoms with E-state index >= 15 is 0 Å². The first-order valence-electron chi connectivity index (χ1n) is 7.71. The minimum absolute atomic E-state index is 0.0517. The highest BCUT2D eigenvalue weighted by molar-refractivity contribution is 6.00. The number of hydrogen-bond acceptors (Lipinski definition) is 7. The molecule has 0 spiro atoms. The van der Waals surface area contributed by atoms with E-state index in [-0.39, 0.29) is 11.8 Å². The van der Waals surface area contributed by atoms with Crippen molar-refractivity contribution in [1.82, 2.24) is 29.7 Å². The number of aromatic nitrogens is 6. The third kappa shape index (κ3) is 2.93. The molecule has 0 aromatic carbocycles. The van der Waals surface area contributed by atoms with Crippen LogP contribution in [0.5, 0.6) is 0 Å². The van der Waals surface area contributed by atoms with Crippen molar-refractivity contribution in [1.29, 1.82) is 0 Å². The molecular weight excluding hydrogens is 334 g/mol. The van der Waals surface area contributed by atoms with Gasteiger partial charge >= 0.3 is 6.01 Å². The largest absolute Gasteiger partial charge is 0.431 e. The van der Waals surface area contributed by atoms with E-state index in [9.17, 15) is 4.79 Å². The average Bonchev–Trinajstić information content (AvgIpc) is 3.32. The fourth-order valence-corrected chi connectivity index (χ4v) is 2.41. The van der Waals surface area contributed by atoms with Gasteiger partial charge in [-0.25, -0.2) is 9.67 Å². The monoisotopic (exact) mass is 347 g/mol. The van der Waals surface area contributed by atoms with Crippen LogP contribution in [0.25, 0.3) is 17.1 Å². The molecule has 0 aliphatic heterocycles. The van der Waals surface area contributed by atoms with Gasteiger partial charge in [0.25, 0.3) is 5.91 Å². The number of pyridine rings is 2. The highest BCUT2D eigenvalue weighted by Crippen LogP contribution is 2.21. The van der Waals surface area contributed by atoms with Crippen molar-refractivity contribution in [2.45, 2.75) is 6.92 Å². The van der Waals surface area contributed by atoms with Gasteiger partial charge < -0.3 is 4.42 Å². The Kier molecular flexibility index (Phi) is 3.94. The summed E-state index contributed by atoms with van der Waals surface area (Å²) in [7, 11) is 0. The molecule has 4 aromatic heterocycles. The lowest BCUT2D eigenvalue weighted by molar-refractivity contribution is 0.101. The van der Waals surface area contributed by atoms with Gasteiger partial charge in [-0.2, -0.15) is 10.1 Å². The van der Waals surface area contributed by atoms with Crippen molar-refractivity contribution in [3.63, 3.8) is 0 Å². The molecule has 0 bridgehead atoms. The van der Waals surface area contributed by atoms with E-state index < -0.39 is 5.91 Å². The highest BCUT2D eigenvalue weighted by atomic mass is 16.4. The van der Waals surface area contributed by atoms with Crippen LogP contribution in [0.1, 0.15) is 16.2 Å². The quantitative estimate of drug-likeness (QED) is 0.602. The van der Waals surface area contributed by atoms with Gasteiger partial charge in [0.15, 0.2) is 0 Å². The van der Waals surface area contributed by atoms with Crippen molar-refractivity contribution in [3.8, 4) is 17.1 Å². The minimum Gasteiger partial charge on any atom is -0.431 e. The Labute approximate surface area is 147 Å². The van der Waals surface area contributed by atoms with Crippen LogP contribution in [0.3, 0.4) is 0 Å². The molecule has 0 aliphatic rings. The number of carbonyl (C=O) groups is 1. The van der Waals surface area contributed by atoms with Gasteiger partial charge in [0.1, 0.15) is 18.3 Å². The molecule has 1 amide bonds. The number of carbonyl (C=O) groups excluding carboxylic acids is 1. The fraction of sp³-hybridized carbons (Fsp3) is 0.0588. The summed E-state index contributed by atoms with van der Waals surface area (Å²) in [6, 6.07) is 7.33. The molecule has 26 heavy (non-hydrogen) atoms. The molecule has 128 valence electrons. The van der Waals surface area contributed by atoms with E-state index in [2.05, 4.69) is 30.4 Å². The molecule has 0 fully saturated rings. The predicted molar refractivity (Wildman–Crippen MR) is 91.6 cm³/mol. The first-order chi connectivity index (χ1) is 12.7. The van der Waals surface area contributed by atoms with Gasteiger partial charge in [-0.1, -0.05) is 6.07 Å². The van der Waals surface area contributed by atoms with Gasteiger partial charge in [-0.15, -0.1) is 0 Å². The Morgan fingerprint density at radius 3 is 2.88 bits per heavy atom. The van der Waals surface area contributed by atoms with Crippen molar-refractivity contribution < 1.29 is 9.21 Å². The van der Waals surface area contributed by atoms with Gasteiger partial charge in [-0.3, -0.25) is 20.1 Å². The first kappa shape index (κ1) is 15.6. The standard InChI is InChI=1S/C17H13N7O2/c1-11-4-2-7-19-14(11)13-9-26-17(22-13)23-16(25)15-20-10-21-24(15)12-5-3-6-18-8-12/h2-10H,1H3,(H,22,23,25). The van der Waals surface area contributed by atoms with Crippen LogP contribution in [-0.2, 0) is 0 Å². The van der Waals surface area contributed by atoms with Crippen molar-refractivity contribution >= 4 is 11.9 Å². The number of nitrogens with one attached hydrogen (secondary N) is 1. The Morgan fingerprint density at radius 2 is 2.08 bits per heavy atom. The second kappa shape index (κ2) is 6.55. The molecular formula is C17H13N7O2. The lowest BCUT2D eigenvalue weighted by Crippen LogP contribution is -2.18. The molecule has 9 heteroatoms. The van der Waals surface area contributed by atoms with E-state index in [1.807, 2.05) is 19.1 Å². The van der Waals surface area contributed by atoms with E-state index in [0.29, 0.717) is 17.1 Å². The molecule has 0 aliphatic carbocycles. The zero-order valence-electron chi connectivity index (χ0n) is 13.7. The van der Waals surface area contributed by atoms with Crippen LogP contribution in [0, 0.1) is 6.92 Å². The number of anilines is 1. The van der Waals surface area contributed by atoms with Crippen molar-refractivity contribution in [2.24, 2.45) is 0 Å². The topological polar surface area (TPSA) is 112 Å². The van der Waals surface area contributed by atoms with E-state index in [0.717, 1.165) is 5.56 Å². The molecule has 9 nitrogen and oxygen atoms in total. The summed E-state index contributed by atoms with van der Waals surface area (Å²) in [6.45, 7) is 1.92. The van der Waals surface area contributed by atoms with Crippen LogP contribution in [-0.4, -0.2) is 35.6 Å². The highest BCUT2D eigenvalue weighted by Gasteiger charge is 2.18. The molecule has 1 N–H and O–H groups in total. The summed E-state index contributed by atoms with van der Waals surface area (Å²) in [5.41, 5.74) is 2.80. The van der Waals surface area contributed by atoms with Crippen LogP contribution in [0.4, 0.5) is 6.01 Å². The number of rotatable bonds is 4. The van der Waals surface area contributed by atoms with Gasteiger partial charge in [-0.05, 0) is 30.7 Å². The summed E-state index contributed by atoms with van der Waals surface area (Å²) in [4.78, 5) is 29.1. The Morgan fingerprint density at radius 1 is 1.19 bits per heavy atom. The van der Waals surface area contributed by atoms with Crippen LogP contribution in [0.15, 0.2) is 59.9 Å². The number of hydrogen-bond donors (Lipinski definition) is 1. The maximum atomic E-state index is 12.5. The average molecular weight is 347 g/mol. The minimum atomic E-state index is -0.502. The second-order valence-corrected chi connectivity index (χ2v) is 5.37. The molecule has 4 aromatic rings. The third-order valence-corrected chi connectivity index (χ3v) is 3.62. The number of amides is 1. The number of nitrogens with zero attached hydrogens (tertiary/aromatic N) is 6. The van der Waals surface area contributed by atoms with E-state index in [4.69, 9.17) is 4.42 Å². The van der Waals surface area contributed by atoms with Gasteiger partial charge in [0, 0.05) is 12.4 Å². The van der Waals surface area contributed by atoms with Crippen LogP contribution < -0.4 is 5.32 Å².